The van der Waals surface area contributed by atoms with Crippen molar-refractivity contribution in [2.45, 2.75) is 19.1 Å². The summed E-state index contributed by atoms with van der Waals surface area (Å²) < 4.78 is 18.9. The molecule has 152 valence electrons. The van der Waals surface area contributed by atoms with Crippen molar-refractivity contribution in [3.8, 4) is 11.5 Å². The summed E-state index contributed by atoms with van der Waals surface area (Å²) in [5, 5.41) is 4.41. The van der Waals surface area contributed by atoms with Crippen LogP contribution in [0.4, 0.5) is 4.39 Å². The molecule has 1 aromatic carbocycles. The molecule has 1 unspecified atom stereocenters. The number of aryl methyl sites for hydroxylation is 1. The van der Waals surface area contributed by atoms with E-state index in [0.29, 0.717) is 27.3 Å². The Labute approximate surface area is 180 Å². The standard InChI is InChI=1S/C21H18BrFN6O/c1-12-13-5-3-4-6-14(13)15(23)11-28(12)21(30)16-9-17(20-24-7-8-27(20)2)29-19(25-16)10-18(22)26-29/h3-10,12,15H,11H2,1-2H3/t12-,15?/m1/s1. The first-order valence-electron chi connectivity index (χ1n) is 9.52. The minimum Gasteiger partial charge on any atom is -0.333 e. The van der Waals surface area contributed by atoms with Crippen LogP contribution in [0, 0.1) is 0 Å². The number of benzene rings is 1. The number of aromatic nitrogens is 5. The lowest BCUT2D eigenvalue weighted by atomic mass is 9.92. The van der Waals surface area contributed by atoms with Gasteiger partial charge in [-0.25, -0.2) is 18.9 Å². The molecule has 7 nitrogen and oxygen atoms in total. The molecule has 9 heteroatoms. The second-order valence-corrected chi connectivity index (χ2v) is 8.17. The zero-order valence-electron chi connectivity index (χ0n) is 16.3. The van der Waals surface area contributed by atoms with Crippen LogP contribution in [0.2, 0.25) is 0 Å². The Hall–Kier alpha value is -3.07. The fourth-order valence-electron chi connectivity index (χ4n) is 4.01. The van der Waals surface area contributed by atoms with Crippen LogP contribution in [0.3, 0.4) is 0 Å². The van der Waals surface area contributed by atoms with Crippen molar-refractivity contribution in [1.29, 1.82) is 0 Å². The van der Waals surface area contributed by atoms with Crippen LogP contribution in [0.1, 0.15) is 40.8 Å². The Balaban J connectivity index is 1.62. The number of fused-ring (bicyclic) bond motifs is 2. The van der Waals surface area contributed by atoms with Gasteiger partial charge in [-0.15, -0.1) is 0 Å². The van der Waals surface area contributed by atoms with Crippen molar-refractivity contribution in [3.05, 3.63) is 70.2 Å². The van der Waals surface area contributed by atoms with Gasteiger partial charge in [0.1, 0.15) is 22.2 Å². The molecule has 0 saturated carbocycles. The van der Waals surface area contributed by atoms with Crippen molar-refractivity contribution < 1.29 is 9.18 Å². The molecule has 4 aromatic rings. The number of carbonyl (C=O) groups excluding carboxylic acids is 1. The van der Waals surface area contributed by atoms with Crippen LogP contribution in [0.5, 0.6) is 0 Å². The summed E-state index contributed by atoms with van der Waals surface area (Å²) in [4.78, 5) is 23.9. The van der Waals surface area contributed by atoms with Gasteiger partial charge in [0.05, 0.1) is 12.6 Å². The Kier molecular flexibility index (Phi) is 4.43. The largest absolute Gasteiger partial charge is 0.333 e. The third-order valence-electron chi connectivity index (χ3n) is 5.54. The first kappa shape index (κ1) is 18.9. The summed E-state index contributed by atoms with van der Waals surface area (Å²) in [6.45, 7) is 1.90. The molecule has 0 N–H and O–H groups in total. The van der Waals surface area contributed by atoms with Gasteiger partial charge in [0.2, 0.25) is 0 Å². The number of hydrogen-bond donors (Lipinski definition) is 0. The van der Waals surface area contributed by atoms with E-state index in [4.69, 9.17) is 0 Å². The molecule has 0 aliphatic carbocycles. The number of carbonyl (C=O) groups is 1. The lowest BCUT2D eigenvalue weighted by molar-refractivity contribution is 0.0585. The molecule has 30 heavy (non-hydrogen) atoms. The molecule has 0 fully saturated rings. The minimum atomic E-state index is -1.23. The van der Waals surface area contributed by atoms with Gasteiger partial charge in [0.25, 0.3) is 5.91 Å². The fraction of sp³-hybridized carbons (Fsp3) is 0.238. The molecule has 4 heterocycles. The van der Waals surface area contributed by atoms with Crippen LogP contribution in [0.15, 0.2) is 53.4 Å². The highest BCUT2D eigenvalue weighted by molar-refractivity contribution is 9.10. The molecule has 5 rings (SSSR count). The maximum Gasteiger partial charge on any atom is 0.273 e. The van der Waals surface area contributed by atoms with Crippen molar-refractivity contribution in [2.75, 3.05) is 6.54 Å². The Morgan fingerprint density at radius 2 is 2.00 bits per heavy atom. The van der Waals surface area contributed by atoms with Crippen LogP contribution in [-0.2, 0) is 7.05 Å². The number of nitrogens with zero attached hydrogens (tertiary/aromatic N) is 6. The molecule has 1 aliphatic rings. The van der Waals surface area contributed by atoms with Crippen LogP contribution < -0.4 is 0 Å². The molecule has 0 bridgehead atoms. The maximum absolute atomic E-state index is 14.8. The van der Waals surface area contributed by atoms with Crippen molar-refractivity contribution in [2.24, 2.45) is 7.05 Å². The molecule has 1 amide bonds. The zero-order valence-corrected chi connectivity index (χ0v) is 17.9. The van der Waals surface area contributed by atoms with Gasteiger partial charge in [0.15, 0.2) is 11.5 Å². The molecule has 0 saturated heterocycles. The summed E-state index contributed by atoms with van der Waals surface area (Å²) in [7, 11) is 1.87. The van der Waals surface area contributed by atoms with Crippen molar-refractivity contribution >= 4 is 27.5 Å². The molecule has 2 atom stereocenters. The number of imidazole rings is 1. The third-order valence-corrected chi connectivity index (χ3v) is 5.92. The summed E-state index contributed by atoms with van der Waals surface area (Å²) >= 11 is 3.37. The number of halogens is 2. The van der Waals surface area contributed by atoms with E-state index in [0.717, 1.165) is 5.56 Å². The van der Waals surface area contributed by atoms with E-state index in [1.54, 1.807) is 33.8 Å². The van der Waals surface area contributed by atoms with Crippen LogP contribution in [-0.4, -0.2) is 41.5 Å². The lowest BCUT2D eigenvalue weighted by Crippen LogP contribution is -2.40. The summed E-state index contributed by atoms with van der Waals surface area (Å²) in [6.07, 6.45) is 2.26. The molecule has 1 aliphatic heterocycles. The van der Waals surface area contributed by atoms with E-state index >= 15 is 0 Å². The first-order valence-corrected chi connectivity index (χ1v) is 10.3. The highest BCUT2D eigenvalue weighted by Gasteiger charge is 2.34. The lowest BCUT2D eigenvalue weighted by Gasteiger charge is -2.36. The van der Waals surface area contributed by atoms with Crippen molar-refractivity contribution in [1.82, 2.24) is 29.0 Å². The Morgan fingerprint density at radius 3 is 2.73 bits per heavy atom. The van der Waals surface area contributed by atoms with E-state index in [2.05, 4.69) is 31.0 Å². The van der Waals surface area contributed by atoms with Gasteiger partial charge < -0.3 is 9.47 Å². The quantitative estimate of drug-likeness (QED) is 0.443. The summed E-state index contributed by atoms with van der Waals surface area (Å²) in [6, 6.07) is 10.5. The highest BCUT2D eigenvalue weighted by atomic mass is 79.9. The van der Waals surface area contributed by atoms with Gasteiger partial charge in [-0.2, -0.15) is 5.10 Å². The Bertz CT molecular complexity index is 1280. The van der Waals surface area contributed by atoms with Gasteiger partial charge in [0, 0.05) is 25.5 Å². The van der Waals surface area contributed by atoms with Crippen LogP contribution in [0.25, 0.3) is 17.2 Å². The van der Waals surface area contributed by atoms with Gasteiger partial charge in [-0.1, -0.05) is 24.3 Å². The van der Waals surface area contributed by atoms with E-state index in [9.17, 15) is 9.18 Å². The fourth-order valence-corrected chi connectivity index (χ4v) is 4.37. The topological polar surface area (TPSA) is 68.3 Å². The second-order valence-electron chi connectivity index (χ2n) is 7.36. The molecular formula is C21H18BrFN6O. The highest BCUT2D eigenvalue weighted by Crippen LogP contribution is 2.37. The normalized spacial score (nSPS) is 18.6. The summed E-state index contributed by atoms with van der Waals surface area (Å²) in [5.74, 6) is 0.322. The average Bonchev–Trinajstić information content (AvgIpc) is 3.33. The average molecular weight is 469 g/mol. The zero-order chi connectivity index (χ0) is 21.0. The molecular weight excluding hydrogens is 451 g/mol. The summed E-state index contributed by atoms with van der Waals surface area (Å²) in [5.41, 5.74) is 2.83. The third kappa shape index (κ3) is 2.92. The number of amides is 1. The number of alkyl halides is 1. The van der Waals surface area contributed by atoms with E-state index in [-0.39, 0.29) is 24.2 Å². The number of hydrogen-bond acceptors (Lipinski definition) is 4. The smallest absolute Gasteiger partial charge is 0.273 e. The molecule has 0 radical (unpaired) electrons. The molecule has 0 spiro atoms. The Morgan fingerprint density at radius 1 is 1.23 bits per heavy atom. The monoisotopic (exact) mass is 468 g/mol. The maximum atomic E-state index is 14.8. The van der Waals surface area contributed by atoms with Gasteiger partial charge >= 0.3 is 0 Å². The molecule has 3 aromatic heterocycles. The second kappa shape index (κ2) is 7.02. The van der Waals surface area contributed by atoms with E-state index in [1.807, 2.05) is 42.9 Å². The van der Waals surface area contributed by atoms with Gasteiger partial charge in [-0.3, -0.25) is 4.79 Å². The minimum absolute atomic E-state index is 0.00936. The predicted octanol–water partition coefficient (Wildman–Crippen LogP) is 4.12. The van der Waals surface area contributed by atoms with Gasteiger partial charge in [-0.05, 0) is 40.0 Å². The SMILES string of the molecule is C[C@@H]1c2ccccc2C(F)CN1C(=O)c1cc(-c2nccn2C)n2nc(Br)cc2n1. The van der Waals surface area contributed by atoms with E-state index in [1.165, 1.54) is 0 Å². The first-order chi connectivity index (χ1) is 14.4. The predicted molar refractivity (Wildman–Crippen MR) is 113 cm³/mol. The number of rotatable bonds is 2. The van der Waals surface area contributed by atoms with Crippen LogP contribution >= 0.6 is 15.9 Å². The van der Waals surface area contributed by atoms with E-state index < -0.39 is 6.17 Å². The van der Waals surface area contributed by atoms with Crippen molar-refractivity contribution in [3.63, 3.8) is 0 Å².